The zero-order valence-electron chi connectivity index (χ0n) is 11.1. The first-order valence-electron chi connectivity index (χ1n) is 6.55. The van der Waals surface area contributed by atoms with Crippen molar-refractivity contribution in [2.45, 2.75) is 64.7 Å². The highest BCUT2D eigenvalue weighted by Gasteiger charge is 2.19. The lowest BCUT2D eigenvalue weighted by Crippen LogP contribution is -2.16. The predicted molar refractivity (Wildman–Crippen MR) is 67.9 cm³/mol. The third-order valence-electron chi connectivity index (χ3n) is 2.81. The highest BCUT2D eigenvalue weighted by atomic mass is 16.5. The fraction of sp³-hybridized carbons (Fsp3) is 0.846. The van der Waals surface area contributed by atoms with Crippen LogP contribution in [-0.4, -0.2) is 23.6 Å². The van der Waals surface area contributed by atoms with E-state index in [-0.39, 0.29) is 5.71 Å². The van der Waals surface area contributed by atoms with Crippen LogP contribution in [0.1, 0.15) is 64.7 Å². The van der Waals surface area contributed by atoms with Crippen LogP contribution in [0.25, 0.3) is 5.53 Å². The number of unbranched alkanes of at least 4 members (excludes halogenated alkanes) is 7. The number of nitrogens with zero attached hydrogens (tertiary/aromatic N) is 2. The molecule has 0 spiro atoms. The van der Waals surface area contributed by atoms with Crippen LogP contribution in [0.5, 0.6) is 0 Å². The first-order chi connectivity index (χ1) is 8.26. The molecule has 17 heavy (non-hydrogen) atoms. The van der Waals surface area contributed by atoms with Gasteiger partial charge in [-0.3, -0.25) is 0 Å². The van der Waals surface area contributed by atoms with E-state index in [9.17, 15) is 4.79 Å². The minimum Gasteiger partial charge on any atom is -0.460 e. The molecule has 0 atom stereocenters. The molecule has 0 bridgehead atoms. The zero-order valence-corrected chi connectivity index (χ0v) is 11.1. The van der Waals surface area contributed by atoms with Crippen LogP contribution in [0.3, 0.4) is 0 Å². The van der Waals surface area contributed by atoms with Gasteiger partial charge >= 0.3 is 11.7 Å². The summed E-state index contributed by atoms with van der Waals surface area (Å²) in [6.45, 7) is 2.21. The Morgan fingerprint density at radius 2 is 1.59 bits per heavy atom. The minimum absolute atomic E-state index is 0.124. The number of carbonyl (C=O) groups is 1. The maximum atomic E-state index is 11.1. The van der Waals surface area contributed by atoms with Crippen LogP contribution >= 0.6 is 0 Å². The van der Waals surface area contributed by atoms with Gasteiger partial charge in [-0.05, 0) is 6.42 Å². The van der Waals surface area contributed by atoms with Crippen LogP contribution < -0.4 is 0 Å². The highest BCUT2D eigenvalue weighted by Crippen LogP contribution is 2.09. The lowest BCUT2D eigenvalue weighted by Gasteiger charge is -1.99. The Morgan fingerprint density at radius 3 is 2.06 bits per heavy atom. The van der Waals surface area contributed by atoms with Gasteiger partial charge in [0.2, 0.25) is 0 Å². The van der Waals surface area contributed by atoms with E-state index in [4.69, 9.17) is 5.53 Å². The minimum atomic E-state index is -0.532. The molecule has 0 aliphatic carbocycles. The second-order valence-electron chi connectivity index (χ2n) is 4.26. The van der Waals surface area contributed by atoms with Crippen molar-refractivity contribution in [2.75, 3.05) is 7.11 Å². The topological polar surface area (TPSA) is 62.7 Å². The van der Waals surface area contributed by atoms with Gasteiger partial charge in [-0.25, -0.2) is 4.79 Å². The van der Waals surface area contributed by atoms with E-state index in [0.29, 0.717) is 6.42 Å². The van der Waals surface area contributed by atoms with E-state index in [1.54, 1.807) is 0 Å². The molecule has 0 amide bonds. The fourth-order valence-electron chi connectivity index (χ4n) is 1.74. The first kappa shape index (κ1) is 15.9. The lowest BCUT2D eigenvalue weighted by molar-refractivity contribution is -0.137. The first-order valence-corrected chi connectivity index (χ1v) is 6.55. The smallest absolute Gasteiger partial charge is 0.416 e. The summed E-state index contributed by atoms with van der Waals surface area (Å²) in [7, 11) is 1.29. The SMILES string of the molecule is CCCCCCCCCCC(=[N+]=[N-])C(=O)OC. The summed E-state index contributed by atoms with van der Waals surface area (Å²) < 4.78 is 4.50. The number of hydrogen-bond acceptors (Lipinski definition) is 2. The summed E-state index contributed by atoms with van der Waals surface area (Å²) in [6.07, 6.45) is 10.1. The molecule has 4 heteroatoms. The second-order valence-corrected chi connectivity index (χ2v) is 4.26. The van der Waals surface area contributed by atoms with Gasteiger partial charge in [0.1, 0.15) is 0 Å². The number of rotatable bonds is 10. The number of ether oxygens (including phenoxy) is 1. The third-order valence-corrected chi connectivity index (χ3v) is 2.81. The van der Waals surface area contributed by atoms with E-state index < -0.39 is 5.97 Å². The van der Waals surface area contributed by atoms with Gasteiger partial charge in [-0.2, -0.15) is 4.79 Å². The van der Waals surface area contributed by atoms with E-state index in [2.05, 4.69) is 16.5 Å². The van der Waals surface area contributed by atoms with Gasteiger partial charge in [0.25, 0.3) is 0 Å². The van der Waals surface area contributed by atoms with Gasteiger partial charge in [0.05, 0.1) is 13.5 Å². The van der Waals surface area contributed by atoms with Gasteiger partial charge in [-0.15, -0.1) is 0 Å². The number of esters is 1. The summed E-state index contributed by atoms with van der Waals surface area (Å²) in [5, 5.41) is 0. The molecule has 0 fully saturated rings. The molecule has 0 heterocycles. The van der Waals surface area contributed by atoms with Gasteiger partial charge in [-0.1, -0.05) is 51.9 Å². The maximum absolute atomic E-state index is 11.1. The van der Waals surface area contributed by atoms with E-state index in [1.165, 1.54) is 45.6 Å². The summed E-state index contributed by atoms with van der Waals surface area (Å²) in [4.78, 5) is 14.0. The molecule has 0 N–H and O–H groups in total. The molecular weight excluding hydrogens is 216 g/mol. The van der Waals surface area contributed by atoms with Crippen LogP contribution in [-0.2, 0) is 9.53 Å². The zero-order chi connectivity index (χ0) is 12.9. The average Bonchev–Trinajstić information content (AvgIpc) is 2.36. The molecule has 0 rings (SSSR count). The molecular formula is C13H24N2O2. The molecule has 0 unspecified atom stereocenters. The van der Waals surface area contributed by atoms with Crippen molar-refractivity contribution in [1.82, 2.24) is 0 Å². The summed E-state index contributed by atoms with van der Waals surface area (Å²) in [5.74, 6) is -0.532. The van der Waals surface area contributed by atoms with E-state index in [0.717, 1.165) is 12.8 Å². The summed E-state index contributed by atoms with van der Waals surface area (Å²) in [6, 6.07) is 0. The Hall–Kier alpha value is -1.15. The van der Waals surface area contributed by atoms with Crippen LogP contribution in [0.4, 0.5) is 0 Å². The van der Waals surface area contributed by atoms with Gasteiger partial charge in [0, 0.05) is 0 Å². The van der Waals surface area contributed by atoms with Gasteiger partial charge < -0.3 is 10.3 Å². The van der Waals surface area contributed by atoms with Crippen molar-refractivity contribution in [1.29, 1.82) is 0 Å². The number of carbonyl (C=O) groups excluding carboxylic acids is 1. The molecule has 4 nitrogen and oxygen atoms in total. The van der Waals surface area contributed by atoms with E-state index >= 15 is 0 Å². The van der Waals surface area contributed by atoms with Crippen LogP contribution in [0.15, 0.2) is 0 Å². The Morgan fingerprint density at radius 1 is 1.06 bits per heavy atom. The van der Waals surface area contributed by atoms with E-state index in [1.807, 2.05) is 0 Å². The summed E-state index contributed by atoms with van der Waals surface area (Å²) >= 11 is 0. The maximum Gasteiger partial charge on any atom is 0.416 e. The van der Waals surface area contributed by atoms with Crippen molar-refractivity contribution in [3.8, 4) is 0 Å². The molecule has 0 aromatic rings. The lowest BCUT2D eigenvalue weighted by atomic mass is 10.1. The molecule has 0 aromatic heterocycles. The predicted octanol–water partition coefficient (Wildman–Crippen LogP) is 3.36. The van der Waals surface area contributed by atoms with Crippen molar-refractivity contribution in [2.24, 2.45) is 0 Å². The molecule has 0 aliphatic heterocycles. The van der Waals surface area contributed by atoms with Crippen molar-refractivity contribution < 1.29 is 14.3 Å². The van der Waals surface area contributed by atoms with Gasteiger partial charge in [0.15, 0.2) is 0 Å². The molecule has 0 saturated carbocycles. The van der Waals surface area contributed by atoms with Crippen molar-refractivity contribution in [3.05, 3.63) is 5.53 Å². The third kappa shape index (κ3) is 8.64. The summed E-state index contributed by atoms with van der Waals surface area (Å²) in [5.41, 5.74) is 8.74. The average molecular weight is 240 g/mol. The molecule has 0 aliphatic rings. The Kier molecular flexibility index (Phi) is 10.6. The Labute approximate surface area is 104 Å². The number of hydrogen-bond donors (Lipinski definition) is 0. The second kappa shape index (κ2) is 11.3. The van der Waals surface area contributed by atoms with Crippen LogP contribution in [0, 0.1) is 0 Å². The van der Waals surface area contributed by atoms with Crippen LogP contribution in [0.2, 0.25) is 0 Å². The highest BCUT2D eigenvalue weighted by molar-refractivity contribution is 6.33. The quantitative estimate of drug-likeness (QED) is 0.193. The standard InChI is InChI=1S/C13H24N2O2/c1-3-4-5-6-7-8-9-10-11-12(15-14)13(16)17-2/h3-11H2,1-2H3. The van der Waals surface area contributed by atoms with Crippen molar-refractivity contribution in [3.63, 3.8) is 0 Å². The molecule has 0 saturated heterocycles. The normalized spacial score (nSPS) is 9.76. The molecule has 0 radical (unpaired) electrons. The Bertz CT molecular complexity index is 258. The fourth-order valence-corrected chi connectivity index (χ4v) is 1.74. The monoisotopic (exact) mass is 240 g/mol. The van der Waals surface area contributed by atoms with Crippen molar-refractivity contribution >= 4 is 11.7 Å². The number of methoxy groups -OCH3 is 1. The molecule has 0 aromatic carbocycles. The molecule has 98 valence electrons. The Balaban J connectivity index is 3.44. The largest absolute Gasteiger partial charge is 0.460 e.